The Balaban J connectivity index is 1.43. The largest absolute Gasteiger partial charge is 0.457 e. The van der Waals surface area contributed by atoms with Gasteiger partial charge in [0, 0.05) is 24.5 Å². The summed E-state index contributed by atoms with van der Waals surface area (Å²) >= 11 is 0. The zero-order valence-corrected chi connectivity index (χ0v) is 23.7. The molecular formula is C31H39N5O5. The van der Waals surface area contributed by atoms with Gasteiger partial charge in [0.25, 0.3) is 5.91 Å². The third kappa shape index (κ3) is 6.93. The molecule has 1 aliphatic carbocycles. The maximum atomic E-state index is 13.4. The number of benzene rings is 1. The van der Waals surface area contributed by atoms with Gasteiger partial charge in [0.15, 0.2) is 0 Å². The first-order chi connectivity index (χ1) is 19.8. The van der Waals surface area contributed by atoms with Crippen LogP contribution in [-0.4, -0.2) is 58.4 Å². The van der Waals surface area contributed by atoms with Gasteiger partial charge in [-0.2, -0.15) is 0 Å². The molecule has 2 fully saturated rings. The first-order valence-corrected chi connectivity index (χ1v) is 14.7. The Hall–Kier alpha value is -3.79. The molecule has 1 saturated heterocycles. The first kappa shape index (κ1) is 28.7. The van der Waals surface area contributed by atoms with Crippen molar-refractivity contribution in [3.05, 3.63) is 47.8 Å². The third-order valence-electron chi connectivity index (χ3n) is 8.31. The Morgan fingerprint density at radius 3 is 2.54 bits per heavy atom. The fraction of sp³-hybridized carbons (Fsp3) is 0.516. The van der Waals surface area contributed by atoms with Crippen molar-refractivity contribution in [3.63, 3.8) is 0 Å². The molecule has 1 aromatic heterocycles. The molecule has 218 valence electrons. The summed E-state index contributed by atoms with van der Waals surface area (Å²) in [6, 6.07) is 5.50. The van der Waals surface area contributed by atoms with Crippen LogP contribution in [-0.2, 0) is 23.9 Å². The minimum atomic E-state index is -0.843. The molecule has 4 atom stereocenters. The number of pyridine rings is 1. The highest BCUT2D eigenvalue weighted by atomic mass is 16.5. The molecular weight excluding hydrogens is 522 g/mol. The topological polar surface area (TPSA) is 130 Å². The molecule has 0 radical (unpaired) electrons. The molecule has 3 N–H and O–H groups in total. The van der Waals surface area contributed by atoms with Gasteiger partial charge in [0.1, 0.15) is 24.2 Å². The quantitative estimate of drug-likeness (QED) is 0.456. The number of carbonyl (C=O) groups excluding carboxylic acids is 4. The number of aromatic nitrogens is 1. The van der Waals surface area contributed by atoms with Crippen LogP contribution in [0.2, 0.25) is 0 Å². The number of rotatable bonds is 1. The fourth-order valence-corrected chi connectivity index (χ4v) is 5.94. The van der Waals surface area contributed by atoms with Crippen molar-refractivity contribution >= 4 is 40.5 Å². The lowest BCUT2D eigenvalue weighted by Crippen LogP contribution is -2.61. The molecule has 1 unspecified atom stereocenters. The van der Waals surface area contributed by atoms with Gasteiger partial charge in [0.05, 0.1) is 5.69 Å². The molecule has 5 bridgehead atoms. The van der Waals surface area contributed by atoms with E-state index in [1.165, 1.54) is 5.01 Å². The molecule has 1 saturated carbocycles. The minimum Gasteiger partial charge on any atom is -0.457 e. The molecule has 2 aromatic rings. The molecule has 1 aromatic carbocycles. The number of ether oxygens (including phenoxy) is 1. The molecule has 3 aliphatic rings. The van der Waals surface area contributed by atoms with Gasteiger partial charge in [-0.05, 0) is 74.6 Å². The summed E-state index contributed by atoms with van der Waals surface area (Å²) in [5.74, 6) is -1.40. The van der Waals surface area contributed by atoms with Gasteiger partial charge in [-0.25, -0.2) is 5.43 Å². The second-order valence-corrected chi connectivity index (χ2v) is 11.4. The highest BCUT2D eigenvalue weighted by Gasteiger charge is 2.35. The molecule has 2 aliphatic heterocycles. The van der Waals surface area contributed by atoms with Crippen LogP contribution in [0.25, 0.3) is 16.8 Å². The van der Waals surface area contributed by atoms with Gasteiger partial charge in [-0.3, -0.25) is 29.2 Å². The van der Waals surface area contributed by atoms with Crippen LogP contribution < -0.4 is 16.1 Å². The number of hydrogen-bond acceptors (Lipinski definition) is 7. The van der Waals surface area contributed by atoms with Gasteiger partial charge < -0.3 is 15.4 Å². The van der Waals surface area contributed by atoms with E-state index in [1.54, 1.807) is 25.3 Å². The van der Waals surface area contributed by atoms with Gasteiger partial charge in [0.2, 0.25) is 11.8 Å². The van der Waals surface area contributed by atoms with Gasteiger partial charge in [-0.1, -0.05) is 37.5 Å². The molecule has 5 rings (SSSR count). The lowest BCUT2D eigenvalue weighted by molar-refractivity contribution is -0.157. The molecule has 10 heteroatoms. The van der Waals surface area contributed by atoms with Crippen LogP contribution in [0.15, 0.2) is 36.5 Å². The van der Waals surface area contributed by atoms with E-state index in [1.807, 2.05) is 31.2 Å². The maximum Gasteiger partial charge on any atom is 0.325 e. The van der Waals surface area contributed by atoms with Crippen molar-refractivity contribution in [2.24, 2.45) is 5.92 Å². The molecule has 3 amide bonds. The van der Waals surface area contributed by atoms with Crippen molar-refractivity contribution in [1.29, 1.82) is 0 Å². The van der Waals surface area contributed by atoms with Crippen molar-refractivity contribution in [2.45, 2.75) is 89.4 Å². The van der Waals surface area contributed by atoms with E-state index < -0.39 is 30.2 Å². The SMILES string of the molecule is C[C@@H]1NC(=O)[C@H](C2CCCCC2)NC(=O)C/C=C/c2cc3cc(ccc3cn2)[C@@H](C)OC(=O)C2CCCN(N2)C1=O. The molecule has 10 nitrogen and oxygen atoms in total. The average Bonchev–Trinajstić information content (AvgIpc) is 2.99. The lowest BCUT2D eigenvalue weighted by atomic mass is 9.83. The van der Waals surface area contributed by atoms with Crippen molar-refractivity contribution in [1.82, 2.24) is 26.1 Å². The van der Waals surface area contributed by atoms with Crippen molar-refractivity contribution in [2.75, 3.05) is 6.54 Å². The highest BCUT2D eigenvalue weighted by Crippen LogP contribution is 2.27. The van der Waals surface area contributed by atoms with Crippen LogP contribution in [0, 0.1) is 5.92 Å². The third-order valence-corrected chi connectivity index (χ3v) is 8.31. The Kier molecular flexibility index (Phi) is 8.97. The zero-order valence-electron chi connectivity index (χ0n) is 23.7. The van der Waals surface area contributed by atoms with E-state index in [2.05, 4.69) is 21.0 Å². The highest BCUT2D eigenvalue weighted by molar-refractivity contribution is 5.92. The summed E-state index contributed by atoms with van der Waals surface area (Å²) in [5, 5.41) is 9.05. The Morgan fingerprint density at radius 1 is 0.927 bits per heavy atom. The van der Waals surface area contributed by atoms with Crippen LogP contribution in [0.5, 0.6) is 0 Å². The Labute approximate surface area is 240 Å². The average molecular weight is 562 g/mol. The summed E-state index contributed by atoms with van der Waals surface area (Å²) in [4.78, 5) is 57.3. The van der Waals surface area contributed by atoms with Gasteiger partial charge in [-0.15, -0.1) is 0 Å². The summed E-state index contributed by atoms with van der Waals surface area (Å²) in [6.45, 7) is 3.86. The number of esters is 1. The summed E-state index contributed by atoms with van der Waals surface area (Å²) in [6.07, 6.45) is 10.8. The monoisotopic (exact) mass is 561 g/mol. The smallest absolute Gasteiger partial charge is 0.325 e. The van der Waals surface area contributed by atoms with Crippen LogP contribution in [0.3, 0.4) is 0 Å². The van der Waals surface area contributed by atoms with E-state index >= 15 is 0 Å². The summed E-state index contributed by atoms with van der Waals surface area (Å²) in [5.41, 5.74) is 4.55. The fourth-order valence-electron chi connectivity index (χ4n) is 5.94. The summed E-state index contributed by atoms with van der Waals surface area (Å²) in [7, 11) is 0. The zero-order chi connectivity index (χ0) is 28.9. The molecule has 3 heterocycles. The van der Waals surface area contributed by atoms with E-state index in [0.717, 1.165) is 48.4 Å². The summed E-state index contributed by atoms with van der Waals surface area (Å²) < 4.78 is 5.81. The maximum absolute atomic E-state index is 13.4. The van der Waals surface area contributed by atoms with Crippen LogP contribution in [0.1, 0.15) is 82.6 Å². The first-order valence-electron chi connectivity index (χ1n) is 14.7. The number of cyclic esters (lactones) is 1. The van der Waals surface area contributed by atoms with E-state index in [0.29, 0.717) is 25.1 Å². The molecule has 41 heavy (non-hydrogen) atoms. The number of carbonyl (C=O) groups is 4. The second kappa shape index (κ2) is 12.8. The Morgan fingerprint density at radius 2 is 1.73 bits per heavy atom. The predicted molar refractivity (Wildman–Crippen MR) is 154 cm³/mol. The van der Waals surface area contributed by atoms with Crippen molar-refractivity contribution < 1.29 is 23.9 Å². The minimum absolute atomic E-state index is 0.00573. The second-order valence-electron chi connectivity index (χ2n) is 11.4. The Bertz CT molecular complexity index is 1340. The van der Waals surface area contributed by atoms with E-state index in [4.69, 9.17) is 4.74 Å². The van der Waals surface area contributed by atoms with E-state index in [-0.39, 0.29) is 30.1 Å². The number of nitrogens with zero attached hydrogens (tertiary/aromatic N) is 2. The number of nitrogens with one attached hydrogen (secondary N) is 3. The predicted octanol–water partition coefficient (Wildman–Crippen LogP) is 3.32. The van der Waals surface area contributed by atoms with Crippen LogP contribution >= 0.6 is 0 Å². The number of hydrogen-bond donors (Lipinski definition) is 3. The van der Waals surface area contributed by atoms with E-state index in [9.17, 15) is 19.2 Å². The number of amides is 3. The van der Waals surface area contributed by atoms with Crippen molar-refractivity contribution in [3.8, 4) is 0 Å². The number of fused-ring (bicyclic) bond motifs is 4. The number of hydrazine groups is 1. The standard InChI is InChI=1S/C31H39N5O5/c1-19-30(39)36-15-7-11-26(35-36)31(40)41-20(2)22-13-14-23-18-32-25(17-24(23)16-22)10-6-12-27(37)34-28(29(38)33-19)21-8-4-3-5-9-21/h6,10,13-14,16-21,26,28,35H,3-5,7-9,11-12,15H2,1-2H3,(H,33,38)(H,34,37)/b10-6+/t19-,20+,26?,28-/m0/s1. The van der Waals surface area contributed by atoms with Gasteiger partial charge >= 0.3 is 5.97 Å². The lowest BCUT2D eigenvalue weighted by Gasteiger charge is -2.35. The molecule has 0 spiro atoms. The normalized spacial score (nSPS) is 28.1. The van der Waals surface area contributed by atoms with Crippen LogP contribution in [0.4, 0.5) is 0 Å².